The molecule has 0 bridgehead atoms. The fourth-order valence-corrected chi connectivity index (χ4v) is 4.28. The van der Waals surface area contributed by atoms with Gasteiger partial charge in [-0.15, -0.1) is 10.2 Å². The first-order valence-corrected chi connectivity index (χ1v) is 11.5. The summed E-state index contributed by atoms with van der Waals surface area (Å²) in [5.74, 6) is 0.689. The third-order valence-electron chi connectivity index (χ3n) is 5.25. The first-order valence-electron chi connectivity index (χ1n) is 10.3. The smallest absolute Gasteiger partial charge is 0.237 e. The van der Waals surface area contributed by atoms with E-state index < -0.39 is 0 Å². The van der Waals surface area contributed by atoms with Crippen LogP contribution in [0, 0.1) is 6.92 Å². The van der Waals surface area contributed by atoms with Crippen LogP contribution < -0.4 is 10.6 Å². The van der Waals surface area contributed by atoms with E-state index in [2.05, 4.69) is 20.8 Å². The zero-order valence-corrected chi connectivity index (χ0v) is 19.7. The predicted octanol–water partition coefficient (Wildman–Crippen LogP) is 5.66. The highest BCUT2D eigenvalue weighted by Crippen LogP contribution is 2.26. The van der Waals surface area contributed by atoms with Crippen molar-refractivity contribution in [2.24, 2.45) is 7.05 Å². The third-order valence-corrected chi connectivity index (χ3v) is 6.79. The number of aryl methyl sites for hydroxylation is 1. The number of amides is 1. The molecule has 0 aliphatic heterocycles. The summed E-state index contributed by atoms with van der Waals surface area (Å²) in [6, 6.07) is 19.7. The molecule has 0 fully saturated rings. The summed E-state index contributed by atoms with van der Waals surface area (Å²) in [4.78, 5) is 12.8. The lowest BCUT2D eigenvalue weighted by Gasteiger charge is -2.13. The Bertz CT molecular complexity index is 1270. The van der Waals surface area contributed by atoms with E-state index in [0.29, 0.717) is 11.7 Å². The zero-order valence-electron chi connectivity index (χ0n) is 18.1. The molecule has 1 aromatic heterocycles. The summed E-state index contributed by atoms with van der Waals surface area (Å²) < 4.78 is 1.90. The van der Waals surface area contributed by atoms with Gasteiger partial charge in [-0.2, -0.15) is 0 Å². The Morgan fingerprint density at radius 1 is 1.12 bits per heavy atom. The molecule has 0 aliphatic rings. The molecule has 0 spiro atoms. The zero-order chi connectivity index (χ0) is 22.7. The molecule has 1 heterocycles. The Morgan fingerprint density at radius 3 is 2.72 bits per heavy atom. The van der Waals surface area contributed by atoms with Gasteiger partial charge >= 0.3 is 0 Å². The Labute approximate surface area is 196 Å². The normalized spacial score (nSPS) is 12.0. The number of carbonyl (C=O) groups excluding carboxylic acids is 1. The lowest BCUT2D eigenvalue weighted by Crippen LogP contribution is -2.23. The molecule has 32 heavy (non-hydrogen) atoms. The number of nitrogens with one attached hydrogen (secondary N) is 2. The fraction of sp³-hybridized carbons (Fsp3) is 0.208. The molecule has 8 heteroatoms. The number of anilines is 2. The second-order valence-corrected chi connectivity index (χ2v) is 9.27. The Morgan fingerprint density at radius 2 is 1.91 bits per heavy atom. The van der Waals surface area contributed by atoms with E-state index in [9.17, 15) is 4.79 Å². The van der Waals surface area contributed by atoms with Crippen LogP contribution in [0.25, 0.3) is 10.8 Å². The van der Waals surface area contributed by atoms with Crippen LogP contribution in [0.15, 0.2) is 65.8 Å². The maximum absolute atomic E-state index is 12.8. The van der Waals surface area contributed by atoms with E-state index >= 15 is 0 Å². The van der Waals surface area contributed by atoms with Crippen molar-refractivity contribution in [3.63, 3.8) is 0 Å². The lowest BCUT2D eigenvalue weighted by atomic mass is 10.1. The van der Waals surface area contributed by atoms with Crippen LogP contribution in [0.3, 0.4) is 0 Å². The molecule has 0 saturated carbocycles. The monoisotopic (exact) mass is 465 g/mol. The summed E-state index contributed by atoms with van der Waals surface area (Å²) in [5, 5.41) is 18.1. The molecule has 1 atom stereocenters. The van der Waals surface area contributed by atoms with E-state index in [1.807, 2.05) is 86.1 Å². The molecule has 1 amide bonds. The number of aromatic nitrogens is 3. The molecule has 4 aromatic rings. The highest BCUT2D eigenvalue weighted by atomic mass is 35.5. The SMILES string of the molecule is Cc1ccc(NCc2nnc(S[C@@H](C)C(=O)Nc3cccc4ccccc34)n2C)cc1Cl. The number of thioether (sulfide) groups is 1. The highest BCUT2D eigenvalue weighted by molar-refractivity contribution is 8.00. The van der Waals surface area contributed by atoms with Crippen LogP contribution in [0.2, 0.25) is 5.02 Å². The van der Waals surface area contributed by atoms with Gasteiger partial charge in [0.15, 0.2) is 11.0 Å². The van der Waals surface area contributed by atoms with Gasteiger partial charge in [-0.25, -0.2) is 0 Å². The second-order valence-electron chi connectivity index (χ2n) is 7.55. The van der Waals surface area contributed by atoms with Gasteiger partial charge in [0.05, 0.1) is 11.8 Å². The van der Waals surface area contributed by atoms with E-state index in [0.717, 1.165) is 38.6 Å². The molecule has 0 aliphatic carbocycles. The van der Waals surface area contributed by atoms with Gasteiger partial charge < -0.3 is 15.2 Å². The number of rotatable bonds is 7. The molecule has 164 valence electrons. The van der Waals surface area contributed by atoms with Crippen molar-refractivity contribution in [3.8, 4) is 0 Å². The van der Waals surface area contributed by atoms with Gasteiger partial charge in [-0.05, 0) is 43.0 Å². The van der Waals surface area contributed by atoms with Crippen molar-refractivity contribution >= 4 is 51.4 Å². The molecule has 6 nitrogen and oxygen atoms in total. The second kappa shape index (κ2) is 9.63. The summed E-state index contributed by atoms with van der Waals surface area (Å²) >= 11 is 7.57. The minimum atomic E-state index is -0.339. The summed E-state index contributed by atoms with van der Waals surface area (Å²) in [6.45, 7) is 4.34. The molecular formula is C24H24ClN5OS. The van der Waals surface area contributed by atoms with E-state index in [4.69, 9.17) is 11.6 Å². The Hall–Kier alpha value is -3.03. The maximum Gasteiger partial charge on any atom is 0.237 e. The predicted molar refractivity (Wildman–Crippen MR) is 132 cm³/mol. The number of halogens is 1. The van der Waals surface area contributed by atoms with Crippen molar-refractivity contribution in [3.05, 3.63) is 77.1 Å². The van der Waals surface area contributed by atoms with E-state index in [1.54, 1.807) is 0 Å². The van der Waals surface area contributed by atoms with Crippen molar-refractivity contribution in [2.75, 3.05) is 10.6 Å². The van der Waals surface area contributed by atoms with Crippen molar-refractivity contribution in [1.29, 1.82) is 0 Å². The molecule has 2 N–H and O–H groups in total. The molecular weight excluding hydrogens is 442 g/mol. The Kier molecular flexibility index (Phi) is 6.67. The van der Waals surface area contributed by atoms with Crippen LogP contribution in [0.5, 0.6) is 0 Å². The number of hydrogen-bond acceptors (Lipinski definition) is 5. The van der Waals surface area contributed by atoms with Crippen LogP contribution >= 0.6 is 23.4 Å². The van der Waals surface area contributed by atoms with Crippen LogP contribution in [-0.4, -0.2) is 25.9 Å². The maximum atomic E-state index is 12.8. The number of benzene rings is 3. The number of hydrogen-bond donors (Lipinski definition) is 2. The van der Waals surface area contributed by atoms with Crippen molar-refractivity contribution in [2.45, 2.75) is 30.8 Å². The number of fused-ring (bicyclic) bond motifs is 1. The first-order chi connectivity index (χ1) is 15.4. The molecule has 3 aromatic carbocycles. The average molecular weight is 466 g/mol. The summed E-state index contributed by atoms with van der Waals surface area (Å²) in [6.07, 6.45) is 0. The van der Waals surface area contributed by atoms with Crippen molar-refractivity contribution < 1.29 is 4.79 Å². The fourth-order valence-electron chi connectivity index (χ4n) is 3.27. The largest absolute Gasteiger partial charge is 0.378 e. The van der Waals surface area contributed by atoms with Crippen LogP contribution in [-0.2, 0) is 18.4 Å². The van der Waals surface area contributed by atoms with Gasteiger partial charge in [0, 0.05) is 28.8 Å². The quantitative estimate of drug-likeness (QED) is 0.344. The minimum Gasteiger partial charge on any atom is -0.378 e. The third kappa shape index (κ3) is 4.89. The van der Waals surface area contributed by atoms with Gasteiger partial charge in [-0.3, -0.25) is 4.79 Å². The van der Waals surface area contributed by atoms with Crippen LogP contribution in [0.4, 0.5) is 11.4 Å². The molecule has 0 unspecified atom stereocenters. The lowest BCUT2D eigenvalue weighted by molar-refractivity contribution is -0.115. The molecule has 4 rings (SSSR count). The van der Waals surface area contributed by atoms with Gasteiger partial charge in [0.1, 0.15) is 0 Å². The summed E-state index contributed by atoms with van der Waals surface area (Å²) in [7, 11) is 1.90. The average Bonchev–Trinajstić information content (AvgIpc) is 3.14. The minimum absolute atomic E-state index is 0.0803. The Balaban J connectivity index is 1.39. The van der Waals surface area contributed by atoms with Gasteiger partial charge in [0.25, 0.3) is 0 Å². The standard InChI is InChI=1S/C24H24ClN5OS/c1-15-11-12-18(13-20(15)25)26-14-22-28-29-24(30(22)3)32-16(2)23(31)27-21-10-6-8-17-7-4-5-9-19(17)21/h4-13,16,26H,14H2,1-3H3,(H,27,31)/t16-/m0/s1. The highest BCUT2D eigenvalue weighted by Gasteiger charge is 2.19. The summed E-state index contributed by atoms with van der Waals surface area (Å²) in [5.41, 5.74) is 2.76. The van der Waals surface area contributed by atoms with E-state index in [-0.39, 0.29) is 11.2 Å². The van der Waals surface area contributed by atoms with E-state index in [1.165, 1.54) is 11.8 Å². The topological polar surface area (TPSA) is 71.8 Å². The van der Waals surface area contributed by atoms with Gasteiger partial charge in [-0.1, -0.05) is 65.8 Å². The molecule has 0 saturated heterocycles. The number of carbonyl (C=O) groups is 1. The molecule has 0 radical (unpaired) electrons. The van der Waals surface area contributed by atoms with Crippen molar-refractivity contribution in [1.82, 2.24) is 14.8 Å². The van der Waals surface area contributed by atoms with Gasteiger partial charge in [0.2, 0.25) is 5.91 Å². The number of nitrogens with zero attached hydrogens (tertiary/aromatic N) is 3. The first kappa shape index (κ1) is 22.2. The van der Waals surface area contributed by atoms with Crippen LogP contribution in [0.1, 0.15) is 18.3 Å².